The first-order valence-electron chi connectivity index (χ1n) is 10.8. The van der Waals surface area contributed by atoms with E-state index in [1.165, 1.54) is 7.11 Å². The summed E-state index contributed by atoms with van der Waals surface area (Å²) in [5.74, 6) is 0.355. The van der Waals surface area contributed by atoms with Crippen LogP contribution in [0, 0.1) is 13.8 Å². The van der Waals surface area contributed by atoms with Gasteiger partial charge in [-0.3, -0.25) is 14.2 Å². The van der Waals surface area contributed by atoms with Crippen LogP contribution in [0.3, 0.4) is 0 Å². The highest BCUT2D eigenvalue weighted by Crippen LogP contribution is 2.25. The van der Waals surface area contributed by atoms with E-state index in [0.717, 1.165) is 16.8 Å². The molecule has 0 saturated heterocycles. The Hall–Kier alpha value is -3.03. The van der Waals surface area contributed by atoms with Gasteiger partial charge in [0.05, 0.1) is 22.6 Å². The molecule has 2 aromatic carbocycles. The van der Waals surface area contributed by atoms with Crippen LogP contribution < -0.4 is 5.56 Å². The number of aromatic nitrogens is 2. The molecule has 0 aliphatic carbocycles. The highest BCUT2D eigenvalue weighted by molar-refractivity contribution is 5.79. The average molecular weight is 438 g/mol. The van der Waals surface area contributed by atoms with Gasteiger partial charge in [0.25, 0.3) is 5.56 Å². The molecule has 0 bridgehead atoms. The molecule has 1 aromatic heterocycles. The number of fused-ring (bicyclic) bond motifs is 1. The van der Waals surface area contributed by atoms with Crippen molar-refractivity contribution < 1.29 is 14.3 Å². The van der Waals surface area contributed by atoms with E-state index in [1.54, 1.807) is 22.6 Å². The number of benzene rings is 2. The summed E-state index contributed by atoms with van der Waals surface area (Å²) in [4.78, 5) is 33.1. The molecule has 32 heavy (non-hydrogen) atoms. The van der Waals surface area contributed by atoms with Crippen molar-refractivity contribution >= 4 is 16.8 Å². The van der Waals surface area contributed by atoms with E-state index in [2.05, 4.69) is 0 Å². The Kier molecular flexibility index (Phi) is 7.77. The summed E-state index contributed by atoms with van der Waals surface area (Å²) in [6, 6.07) is 12.8. The fourth-order valence-electron chi connectivity index (χ4n) is 3.98. The maximum Gasteiger partial charge on any atom is 0.266 e. The standard InChI is InChI=1S/C25H31N3O4/c1-17-11-12-22(18(2)15-17)28-24(26-21-10-7-6-9-20(21)25(28)30)19(3)27(13-8-14-31-4)23(29)16-32-5/h6-7,9-12,15,19H,8,13-14,16H2,1-5H3. The van der Waals surface area contributed by atoms with Crippen molar-refractivity contribution in [3.63, 3.8) is 0 Å². The molecule has 7 heteroatoms. The molecule has 0 aliphatic heterocycles. The number of carbonyl (C=O) groups excluding carboxylic acids is 1. The predicted molar refractivity (Wildman–Crippen MR) is 125 cm³/mol. The van der Waals surface area contributed by atoms with Crippen LogP contribution in [0.4, 0.5) is 0 Å². The van der Waals surface area contributed by atoms with Crippen LogP contribution in [0.5, 0.6) is 0 Å². The molecular weight excluding hydrogens is 406 g/mol. The SMILES string of the molecule is COCCCN(C(=O)COC)C(C)c1nc2ccccc2c(=O)n1-c1ccc(C)cc1C. The second-order valence-electron chi connectivity index (χ2n) is 7.96. The predicted octanol–water partition coefficient (Wildman–Crippen LogP) is 3.58. The van der Waals surface area contributed by atoms with E-state index in [9.17, 15) is 9.59 Å². The first-order valence-corrected chi connectivity index (χ1v) is 10.8. The summed E-state index contributed by atoms with van der Waals surface area (Å²) in [5, 5.41) is 0.539. The maximum absolute atomic E-state index is 13.6. The molecule has 3 rings (SSSR count). The number of ether oxygens (including phenoxy) is 2. The molecule has 1 unspecified atom stereocenters. The van der Waals surface area contributed by atoms with Gasteiger partial charge < -0.3 is 14.4 Å². The summed E-state index contributed by atoms with van der Waals surface area (Å²) in [7, 11) is 3.13. The van der Waals surface area contributed by atoms with Crippen molar-refractivity contribution in [3.8, 4) is 5.69 Å². The van der Waals surface area contributed by atoms with Gasteiger partial charge in [0, 0.05) is 27.4 Å². The minimum absolute atomic E-state index is 0.0430. The number of methoxy groups -OCH3 is 2. The zero-order valence-electron chi connectivity index (χ0n) is 19.4. The molecule has 7 nitrogen and oxygen atoms in total. The number of aryl methyl sites for hydroxylation is 2. The zero-order valence-corrected chi connectivity index (χ0v) is 19.4. The van der Waals surface area contributed by atoms with Gasteiger partial charge in [0.2, 0.25) is 5.91 Å². The lowest BCUT2D eigenvalue weighted by atomic mass is 10.1. The lowest BCUT2D eigenvalue weighted by molar-refractivity contribution is -0.137. The Morgan fingerprint density at radius 2 is 1.88 bits per heavy atom. The van der Waals surface area contributed by atoms with E-state index in [-0.39, 0.29) is 18.1 Å². The first-order chi connectivity index (χ1) is 15.4. The van der Waals surface area contributed by atoms with Gasteiger partial charge in [0.1, 0.15) is 12.4 Å². The number of amides is 1. The lowest BCUT2D eigenvalue weighted by Gasteiger charge is -2.30. The summed E-state index contributed by atoms with van der Waals surface area (Å²) in [6.45, 7) is 6.84. The number of para-hydroxylation sites is 1. The van der Waals surface area contributed by atoms with Gasteiger partial charge in [-0.2, -0.15) is 0 Å². The van der Waals surface area contributed by atoms with Gasteiger partial charge in [-0.25, -0.2) is 4.98 Å². The van der Waals surface area contributed by atoms with E-state index < -0.39 is 6.04 Å². The van der Waals surface area contributed by atoms with Crippen molar-refractivity contribution in [1.29, 1.82) is 0 Å². The van der Waals surface area contributed by atoms with Crippen molar-refractivity contribution in [3.05, 3.63) is 69.8 Å². The molecule has 0 spiro atoms. The first kappa shape index (κ1) is 23.6. The normalized spacial score (nSPS) is 12.2. The van der Waals surface area contributed by atoms with Crippen LogP contribution in [0.15, 0.2) is 47.3 Å². The number of carbonyl (C=O) groups is 1. The van der Waals surface area contributed by atoms with Gasteiger partial charge in [-0.15, -0.1) is 0 Å². The highest BCUT2D eigenvalue weighted by atomic mass is 16.5. The van der Waals surface area contributed by atoms with Gasteiger partial charge in [0.15, 0.2) is 0 Å². The lowest BCUT2D eigenvalue weighted by Crippen LogP contribution is -2.40. The molecule has 1 amide bonds. The Bertz CT molecular complexity index is 1160. The molecule has 1 atom stereocenters. The number of hydrogen-bond donors (Lipinski definition) is 0. The van der Waals surface area contributed by atoms with E-state index in [4.69, 9.17) is 14.5 Å². The number of hydrogen-bond acceptors (Lipinski definition) is 5. The number of nitrogens with zero attached hydrogens (tertiary/aromatic N) is 3. The molecule has 0 saturated carbocycles. The van der Waals surface area contributed by atoms with Crippen molar-refractivity contribution in [2.24, 2.45) is 0 Å². The van der Waals surface area contributed by atoms with Gasteiger partial charge in [-0.1, -0.05) is 29.8 Å². The largest absolute Gasteiger partial charge is 0.385 e. The van der Waals surface area contributed by atoms with Crippen LogP contribution in [0.1, 0.15) is 36.3 Å². The van der Waals surface area contributed by atoms with Gasteiger partial charge >= 0.3 is 0 Å². The molecule has 0 radical (unpaired) electrons. The molecule has 0 aliphatic rings. The van der Waals surface area contributed by atoms with Crippen molar-refractivity contribution in [1.82, 2.24) is 14.5 Å². The second kappa shape index (κ2) is 10.5. The summed E-state index contributed by atoms with van der Waals surface area (Å²) in [5.41, 5.74) is 3.29. The Morgan fingerprint density at radius 3 is 2.56 bits per heavy atom. The third kappa shape index (κ3) is 4.89. The summed E-state index contributed by atoms with van der Waals surface area (Å²) in [6.07, 6.45) is 0.664. The Labute approximate surface area is 188 Å². The monoisotopic (exact) mass is 437 g/mol. The molecule has 1 heterocycles. The molecule has 0 fully saturated rings. The second-order valence-corrected chi connectivity index (χ2v) is 7.96. The average Bonchev–Trinajstić information content (AvgIpc) is 2.77. The smallest absolute Gasteiger partial charge is 0.266 e. The highest BCUT2D eigenvalue weighted by Gasteiger charge is 2.27. The van der Waals surface area contributed by atoms with Crippen LogP contribution in [-0.4, -0.2) is 54.3 Å². The molecule has 0 N–H and O–H groups in total. The summed E-state index contributed by atoms with van der Waals surface area (Å²) < 4.78 is 11.9. The maximum atomic E-state index is 13.6. The fourth-order valence-corrected chi connectivity index (χ4v) is 3.98. The van der Waals surface area contributed by atoms with Gasteiger partial charge in [-0.05, 0) is 51.0 Å². The van der Waals surface area contributed by atoms with Crippen molar-refractivity contribution in [2.45, 2.75) is 33.2 Å². The zero-order chi connectivity index (χ0) is 23.3. The van der Waals surface area contributed by atoms with Crippen LogP contribution in [0.2, 0.25) is 0 Å². The Balaban J connectivity index is 2.22. The quantitative estimate of drug-likeness (QED) is 0.479. The van der Waals surface area contributed by atoms with Crippen molar-refractivity contribution in [2.75, 3.05) is 34.0 Å². The van der Waals surface area contributed by atoms with Crippen LogP contribution in [0.25, 0.3) is 16.6 Å². The minimum Gasteiger partial charge on any atom is -0.385 e. The third-order valence-corrected chi connectivity index (χ3v) is 5.57. The summed E-state index contributed by atoms with van der Waals surface area (Å²) >= 11 is 0. The minimum atomic E-state index is -0.451. The topological polar surface area (TPSA) is 73.7 Å². The third-order valence-electron chi connectivity index (χ3n) is 5.57. The Morgan fingerprint density at radius 1 is 1.12 bits per heavy atom. The molecule has 3 aromatic rings. The van der Waals surface area contributed by atoms with E-state index in [1.807, 2.05) is 57.2 Å². The molecular formula is C25H31N3O4. The van der Waals surface area contributed by atoms with Crippen LogP contribution >= 0.6 is 0 Å². The van der Waals surface area contributed by atoms with E-state index >= 15 is 0 Å². The molecule has 170 valence electrons. The fraction of sp³-hybridized carbons (Fsp3) is 0.400. The van der Waals surface area contributed by atoms with E-state index in [0.29, 0.717) is 36.3 Å². The number of rotatable bonds is 9. The van der Waals surface area contributed by atoms with Crippen LogP contribution in [-0.2, 0) is 14.3 Å².